The molecule has 0 spiro atoms. The Kier molecular flexibility index (Phi) is 3.84. The number of hydrogen-bond donors (Lipinski definition) is 0. The van der Waals surface area contributed by atoms with Gasteiger partial charge in [0.1, 0.15) is 10.5 Å². The zero-order valence-electron chi connectivity index (χ0n) is 6.77. The van der Waals surface area contributed by atoms with Crippen molar-refractivity contribution in [2.45, 2.75) is 50.0 Å². The van der Waals surface area contributed by atoms with Crippen LogP contribution in [0.2, 0.25) is 0 Å². The fraction of sp³-hybridized carbons (Fsp3) is 1.00. The molecule has 0 saturated carbocycles. The summed E-state index contributed by atoms with van der Waals surface area (Å²) in [4.78, 5) is 0. The summed E-state index contributed by atoms with van der Waals surface area (Å²) in [5.74, 6) is 0. The standard InChI is InChI=1S/C8H16IS/c1-3-7-5-6-8(4-2)10(7)9/h7-8H,3-6H2,1-2H3/q+1/t7-,8-/m0/s1. The van der Waals surface area contributed by atoms with E-state index in [1.807, 2.05) is 0 Å². The van der Waals surface area contributed by atoms with Crippen LogP contribution in [0.5, 0.6) is 0 Å². The van der Waals surface area contributed by atoms with E-state index in [0.29, 0.717) is 0 Å². The quantitative estimate of drug-likeness (QED) is 0.534. The average Bonchev–Trinajstić information content (AvgIpc) is 2.30. The Morgan fingerprint density at radius 1 is 1.20 bits per heavy atom. The topological polar surface area (TPSA) is 0 Å². The summed E-state index contributed by atoms with van der Waals surface area (Å²) >= 11 is 2.68. The van der Waals surface area contributed by atoms with Crippen LogP contribution in [-0.2, 0) is 8.07 Å². The van der Waals surface area contributed by atoms with E-state index in [1.54, 1.807) is 0 Å². The van der Waals surface area contributed by atoms with Gasteiger partial charge in [0, 0.05) is 12.8 Å². The summed E-state index contributed by atoms with van der Waals surface area (Å²) in [6.45, 7) is 4.67. The molecule has 2 atom stereocenters. The maximum absolute atomic E-state index is 2.68. The lowest BCUT2D eigenvalue weighted by atomic mass is 10.1. The van der Waals surface area contributed by atoms with Crippen molar-refractivity contribution >= 4 is 29.3 Å². The number of halogens is 1. The molecule has 0 N–H and O–H groups in total. The van der Waals surface area contributed by atoms with Crippen molar-refractivity contribution in [2.24, 2.45) is 0 Å². The van der Waals surface area contributed by atoms with Crippen LogP contribution in [-0.4, -0.2) is 10.5 Å². The summed E-state index contributed by atoms with van der Waals surface area (Å²) < 4.78 is 0. The van der Waals surface area contributed by atoms with Crippen molar-refractivity contribution in [1.82, 2.24) is 0 Å². The fourth-order valence-corrected chi connectivity index (χ4v) is 7.18. The molecule has 0 radical (unpaired) electrons. The third-order valence-corrected chi connectivity index (χ3v) is 9.08. The van der Waals surface area contributed by atoms with Gasteiger partial charge in [-0.3, -0.25) is 0 Å². The predicted octanol–water partition coefficient (Wildman–Crippen LogP) is 3.31. The van der Waals surface area contributed by atoms with E-state index in [2.05, 4.69) is 35.1 Å². The molecule has 0 aromatic heterocycles. The third-order valence-electron chi connectivity index (χ3n) is 2.36. The number of rotatable bonds is 2. The van der Waals surface area contributed by atoms with E-state index in [-0.39, 0.29) is 0 Å². The van der Waals surface area contributed by atoms with E-state index >= 15 is 0 Å². The van der Waals surface area contributed by atoms with Crippen LogP contribution in [0.25, 0.3) is 0 Å². The highest BCUT2D eigenvalue weighted by Crippen LogP contribution is 2.37. The maximum Gasteiger partial charge on any atom is 0.251 e. The van der Waals surface area contributed by atoms with E-state index in [1.165, 1.54) is 25.7 Å². The zero-order valence-corrected chi connectivity index (χ0v) is 9.74. The molecule has 0 amide bonds. The average molecular weight is 271 g/mol. The third kappa shape index (κ3) is 1.81. The lowest BCUT2D eigenvalue weighted by molar-refractivity contribution is 0.696. The summed E-state index contributed by atoms with van der Waals surface area (Å²) in [7, 11) is 0.722. The molecule has 1 fully saturated rings. The van der Waals surface area contributed by atoms with Crippen LogP contribution in [0.4, 0.5) is 0 Å². The SMILES string of the molecule is CC[C@H]1CC[C@H](CC)[S+]1I. The zero-order chi connectivity index (χ0) is 7.56. The number of hydrogen-bond acceptors (Lipinski definition) is 0. The Morgan fingerprint density at radius 3 is 1.80 bits per heavy atom. The van der Waals surface area contributed by atoms with Crippen molar-refractivity contribution in [3.63, 3.8) is 0 Å². The second-order valence-corrected chi connectivity index (χ2v) is 7.97. The van der Waals surface area contributed by atoms with Crippen LogP contribution < -0.4 is 0 Å². The first-order valence-corrected chi connectivity index (χ1v) is 8.07. The molecule has 10 heavy (non-hydrogen) atoms. The first-order valence-electron chi connectivity index (χ1n) is 4.17. The monoisotopic (exact) mass is 271 g/mol. The first kappa shape index (κ1) is 9.17. The lowest BCUT2D eigenvalue weighted by Crippen LogP contribution is -2.15. The molecule has 0 unspecified atom stereocenters. The van der Waals surface area contributed by atoms with Gasteiger partial charge in [0.15, 0.2) is 0 Å². The van der Waals surface area contributed by atoms with E-state index in [4.69, 9.17) is 0 Å². The van der Waals surface area contributed by atoms with Crippen molar-refractivity contribution in [3.05, 3.63) is 0 Å². The summed E-state index contributed by atoms with van der Waals surface area (Å²) in [5.41, 5.74) is 0. The highest BCUT2D eigenvalue weighted by Gasteiger charge is 2.41. The Labute approximate surface area is 79.1 Å². The molecule has 1 aliphatic heterocycles. The fourth-order valence-electron chi connectivity index (χ4n) is 1.60. The van der Waals surface area contributed by atoms with Gasteiger partial charge in [-0.05, 0) is 12.8 Å². The molecule has 1 aliphatic rings. The minimum Gasteiger partial charge on any atom is -0.0606 e. The molecule has 1 rings (SSSR count). The molecule has 0 aromatic carbocycles. The van der Waals surface area contributed by atoms with Gasteiger partial charge in [0.05, 0.1) is 8.07 Å². The second-order valence-electron chi connectivity index (χ2n) is 2.95. The molecule has 0 aliphatic carbocycles. The van der Waals surface area contributed by atoms with Gasteiger partial charge in [-0.25, -0.2) is 0 Å². The maximum atomic E-state index is 2.68. The van der Waals surface area contributed by atoms with Crippen LogP contribution in [0, 0.1) is 0 Å². The Balaban J connectivity index is 2.41. The minimum atomic E-state index is 0.722. The molecule has 60 valence electrons. The summed E-state index contributed by atoms with van der Waals surface area (Å²) in [5, 5.41) is 2.12. The van der Waals surface area contributed by atoms with Crippen molar-refractivity contribution in [2.75, 3.05) is 0 Å². The van der Waals surface area contributed by atoms with Crippen LogP contribution in [0.15, 0.2) is 0 Å². The highest BCUT2D eigenvalue weighted by atomic mass is 127. The van der Waals surface area contributed by atoms with Gasteiger partial charge in [-0.15, -0.1) is 0 Å². The van der Waals surface area contributed by atoms with Crippen molar-refractivity contribution in [1.29, 1.82) is 0 Å². The minimum absolute atomic E-state index is 0.722. The largest absolute Gasteiger partial charge is 0.251 e. The highest BCUT2D eigenvalue weighted by molar-refractivity contribution is 14.2. The van der Waals surface area contributed by atoms with Gasteiger partial charge in [0.25, 0.3) is 21.2 Å². The Bertz CT molecular complexity index is 93.4. The smallest absolute Gasteiger partial charge is 0.0606 e. The van der Waals surface area contributed by atoms with E-state index in [9.17, 15) is 0 Å². The van der Waals surface area contributed by atoms with Gasteiger partial charge < -0.3 is 0 Å². The van der Waals surface area contributed by atoms with Gasteiger partial charge in [0.2, 0.25) is 0 Å². The second kappa shape index (κ2) is 4.19. The van der Waals surface area contributed by atoms with Gasteiger partial charge in [-0.2, -0.15) is 0 Å². The molecule has 0 nitrogen and oxygen atoms in total. The molecule has 0 aromatic rings. The molecule has 2 heteroatoms. The summed E-state index contributed by atoms with van der Waals surface area (Å²) in [6.07, 6.45) is 5.81. The molecule has 1 saturated heterocycles. The molecule has 0 bridgehead atoms. The van der Waals surface area contributed by atoms with E-state index < -0.39 is 0 Å². The van der Waals surface area contributed by atoms with Crippen molar-refractivity contribution in [3.8, 4) is 0 Å². The van der Waals surface area contributed by atoms with Crippen LogP contribution in [0.3, 0.4) is 0 Å². The predicted molar refractivity (Wildman–Crippen MR) is 58.8 cm³/mol. The van der Waals surface area contributed by atoms with E-state index in [0.717, 1.165) is 18.6 Å². The molecular formula is C8H16IS+. The molecular weight excluding hydrogens is 255 g/mol. The Hall–Kier alpha value is 1.08. The normalized spacial score (nSPS) is 35.1. The van der Waals surface area contributed by atoms with Gasteiger partial charge in [-0.1, -0.05) is 13.8 Å². The Morgan fingerprint density at radius 2 is 1.60 bits per heavy atom. The van der Waals surface area contributed by atoms with Crippen LogP contribution in [0.1, 0.15) is 39.5 Å². The van der Waals surface area contributed by atoms with Gasteiger partial charge >= 0.3 is 0 Å². The molecule has 1 heterocycles. The lowest BCUT2D eigenvalue weighted by Gasteiger charge is -2.05. The summed E-state index contributed by atoms with van der Waals surface area (Å²) in [6, 6.07) is 0. The van der Waals surface area contributed by atoms with Crippen LogP contribution >= 0.6 is 21.2 Å². The van der Waals surface area contributed by atoms with Crippen molar-refractivity contribution < 1.29 is 0 Å². The first-order chi connectivity index (χ1) is 4.79.